The molecule has 98 valence electrons. The molecule has 0 aliphatic carbocycles. The molecule has 3 heterocycles. The van der Waals surface area contributed by atoms with E-state index in [-0.39, 0.29) is 5.91 Å². The number of anilines is 1. The van der Waals surface area contributed by atoms with Crippen molar-refractivity contribution < 1.29 is 19.4 Å². The molecule has 1 saturated heterocycles. The van der Waals surface area contributed by atoms with Crippen molar-refractivity contribution in [3.05, 3.63) is 36.7 Å². The van der Waals surface area contributed by atoms with E-state index < -0.39 is 30.0 Å². The van der Waals surface area contributed by atoms with Gasteiger partial charge in [-0.1, -0.05) is 12.2 Å². The Kier molecular flexibility index (Phi) is 2.79. The summed E-state index contributed by atoms with van der Waals surface area (Å²) in [4.78, 5) is 27.3. The van der Waals surface area contributed by atoms with Crippen molar-refractivity contribution in [1.82, 2.24) is 4.98 Å². The first-order valence-electron chi connectivity index (χ1n) is 5.94. The second kappa shape index (κ2) is 4.47. The maximum Gasteiger partial charge on any atom is 0.310 e. The van der Waals surface area contributed by atoms with Gasteiger partial charge in [-0.2, -0.15) is 0 Å². The molecule has 6 heteroatoms. The van der Waals surface area contributed by atoms with Gasteiger partial charge in [-0.05, 0) is 12.1 Å². The van der Waals surface area contributed by atoms with E-state index in [1.165, 1.54) is 6.20 Å². The average Bonchev–Trinajstić information content (AvgIpc) is 2.99. The van der Waals surface area contributed by atoms with Gasteiger partial charge < -0.3 is 15.2 Å². The summed E-state index contributed by atoms with van der Waals surface area (Å²) >= 11 is 0. The molecule has 2 aliphatic heterocycles. The Balaban J connectivity index is 1.79. The number of carboxylic acid groups (broad SMARTS) is 1. The number of amides is 1. The van der Waals surface area contributed by atoms with E-state index in [0.717, 1.165) is 0 Å². The zero-order chi connectivity index (χ0) is 13.4. The highest BCUT2D eigenvalue weighted by atomic mass is 16.5. The van der Waals surface area contributed by atoms with Crippen LogP contribution in [0.2, 0.25) is 0 Å². The van der Waals surface area contributed by atoms with Gasteiger partial charge in [0.1, 0.15) is 5.92 Å². The topological polar surface area (TPSA) is 88.5 Å². The number of nitrogens with zero attached hydrogens (tertiary/aromatic N) is 1. The molecule has 2 bridgehead atoms. The number of aliphatic carboxylic acids is 1. The number of pyridine rings is 1. The van der Waals surface area contributed by atoms with Gasteiger partial charge >= 0.3 is 5.97 Å². The van der Waals surface area contributed by atoms with Crippen molar-refractivity contribution >= 4 is 17.6 Å². The van der Waals surface area contributed by atoms with Gasteiger partial charge in [-0.15, -0.1) is 0 Å². The maximum atomic E-state index is 12.2. The van der Waals surface area contributed by atoms with Gasteiger partial charge in [0, 0.05) is 6.20 Å². The first-order chi connectivity index (χ1) is 9.16. The van der Waals surface area contributed by atoms with Crippen molar-refractivity contribution in [2.24, 2.45) is 11.8 Å². The van der Waals surface area contributed by atoms with Crippen LogP contribution in [0.25, 0.3) is 0 Å². The van der Waals surface area contributed by atoms with Crippen LogP contribution >= 0.6 is 0 Å². The summed E-state index contributed by atoms with van der Waals surface area (Å²) < 4.78 is 5.45. The van der Waals surface area contributed by atoms with Crippen LogP contribution < -0.4 is 5.32 Å². The molecular weight excluding hydrogens is 248 g/mol. The third kappa shape index (κ3) is 2.00. The molecule has 2 N–H and O–H groups in total. The van der Waals surface area contributed by atoms with Crippen molar-refractivity contribution in [2.75, 3.05) is 5.32 Å². The molecule has 1 amide bonds. The van der Waals surface area contributed by atoms with Crippen LogP contribution in [0.4, 0.5) is 5.69 Å². The lowest BCUT2D eigenvalue weighted by Gasteiger charge is -2.20. The fourth-order valence-electron chi connectivity index (χ4n) is 2.58. The van der Waals surface area contributed by atoms with E-state index in [4.69, 9.17) is 4.74 Å². The van der Waals surface area contributed by atoms with E-state index in [0.29, 0.717) is 5.69 Å². The summed E-state index contributed by atoms with van der Waals surface area (Å²) in [7, 11) is 0. The molecule has 0 spiro atoms. The number of hydrogen-bond acceptors (Lipinski definition) is 4. The molecular formula is C13H12N2O4. The quantitative estimate of drug-likeness (QED) is 0.780. The SMILES string of the molecule is O=C(O)[C@@H]1[C@H](C(=O)Nc2cccnc2)[C@@H]2C=C[C@H]1O2. The van der Waals surface area contributed by atoms with Gasteiger partial charge in [-0.25, -0.2) is 0 Å². The molecule has 1 aromatic rings. The van der Waals surface area contributed by atoms with Gasteiger partial charge in [0.05, 0.1) is 30.0 Å². The zero-order valence-electron chi connectivity index (χ0n) is 9.89. The van der Waals surface area contributed by atoms with E-state index in [9.17, 15) is 14.7 Å². The molecule has 1 fully saturated rings. The van der Waals surface area contributed by atoms with E-state index in [2.05, 4.69) is 10.3 Å². The number of carbonyl (C=O) groups excluding carboxylic acids is 1. The summed E-state index contributed by atoms with van der Waals surface area (Å²) in [5.74, 6) is -2.89. The highest BCUT2D eigenvalue weighted by molar-refractivity contribution is 5.96. The summed E-state index contributed by atoms with van der Waals surface area (Å²) in [5, 5.41) is 11.9. The summed E-state index contributed by atoms with van der Waals surface area (Å²) in [6.07, 6.45) is 5.60. The van der Waals surface area contributed by atoms with Crippen molar-refractivity contribution in [3.63, 3.8) is 0 Å². The van der Waals surface area contributed by atoms with Gasteiger partial charge in [0.25, 0.3) is 0 Å². The monoisotopic (exact) mass is 260 g/mol. The predicted molar refractivity (Wildman–Crippen MR) is 65.3 cm³/mol. The first kappa shape index (κ1) is 11.9. The molecule has 6 nitrogen and oxygen atoms in total. The Morgan fingerprint density at radius 3 is 2.63 bits per heavy atom. The number of nitrogens with one attached hydrogen (secondary N) is 1. The van der Waals surface area contributed by atoms with Crippen LogP contribution in [-0.4, -0.2) is 34.2 Å². The van der Waals surface area contributed by atoms with Crippen LogP contribution in [0.15, 0.2) is 36.7 Å². The maximum absolute atomic E-state index is 12.2. The van der Waals surface area contributed by atoms with E-state index in [1.807, 2.05) is 0 Å². The largest absolute Gasteiger partial charge is 0.481 e. The molecule has 19 heavy (non-hydrogen) atoms. The third-order valence-electron chi connectivity index (χ3n) is 3.42. The molecule has 3 rings (SSSR count). The minimum atomic E-state index is -1.01. The minimum absolute atomic E-state index is 0.350. The number of fused-ring (bicyclic) bond motifs is 2. The number of aromatic nitrogens is 1. The molecule has 0 radical (unpaired) electrons. The molecule has 1 aromatic heterocycles. The van der Waals surface area contributed by atoms with Crippen molar-refractivity contribution in [3.8, 4) is 0 Å². The first-order valence-corrected chi connectivity index (χ1v) is 5.94. The van der Waals surface area contributed by atoms with Gasteiger partial charge in [0.2, 0.25) is 5.91 Å². The standard InChI is InChI=1S/C13H12N2O4/c16-12(15-7-2-1-5-14-6-7)10-8-3-4-9(19-8)11(10)13(17)18/h1-6,8-11H,(H,15,16)(H,17,18)/t8-,9+,10+,11-/m0/s1. The Morgan fingerprint density at radius 1 is 1.26 bits per heavy atom. The lowest BCUT2D eigenvalue weighted by Crippen LogP contribution is -2.39. The summed E-state index contributed by atoms with van der Waals surface area (Å²) in [6, 6.07) is 3.39. The van der Waals surface area contributed by atoms with Gasteiger partial charge in [-0.3, -0.25) is 14.6 Å². The van der Waals surface area contributed by atoms with Gasteiger partial charge in [0.15, 0.2) is 0 Å². The lowest BCUT2D eigenvalue weighted by atomic mass is 9.82. The fourth-order valence-corrected chi connectivity index (χ4v) is 2.58. The summed E-state index contributed by atoms with van der Waals surface area (Å²) in [6.45, 7) is 0. The Bertz CT molecular complexity index is 543. The molecule has 0 saturated carbocycles. The minimum Gasteiger partial charge on any atom is -0.481 e. The number of carbonyl (C=O) groups is 2. The number of ether oxygens (including phenoxy) is 1. The van der Waals surface area contributed by atoms with E-state index >= 15 is 0 Å². The second-order valence-electron chi connectivity index (χ2n) is 4.57. The summed E-state index contributed by atoms with van der Waals surface area (Å²) in [5.41, 5.74) is 0.545. The molecule has 0 aromatic carbocycles. The number of rotatable bonds is 3. The average molecular weight is 260 g/mol. The Hall–Kier alpha value is -2.21. The third-order valence-corrected chi connectivity index (χ3v) is 3.42. The fraction of sp³-hybridized carbons (Fsp3) is 0.308. The molecule has 0 unspecified atom stereocenters. The smallest absolute Gasteiger partial charge is 0.310 e. The number of carboxylic acids is 1. The normalized spacial score (nSPS) is 31.4. The number of hydrogen-bond donors (Lipinski definition) is 2. The van der Waals surface area contributed by atoms with Crippen LogP contribution in [0, 0.1) is 11.8 Å². The molecule has 2 aliphatic rings. The van der Waals surface area contributed by atoms with Crippen LogP contribution in [0.3, 0.4) is 0 Å². The van der Waals surface area contributed by atoms with Crippen LogP contribution in [0.5, 0.6) is 0 Å². The Labute approximate surface area is 109 Å². The second-order valence-corrected chi connectivity index (χ2v) is 4.57. The van der Waals surface area contributed by atoms with Crippen LogP contribution in [0.1, 0.15) is 0 Å². The zero-order valence-corrected chi connectivity index (χ0v) is 9.89. The molecule has 4 atom stereocenters. The Morgan fingerprint density at radius 2 is 2.00 bits per heavy atom. The predicted octanol–water partition coefficient (Wildman–Crippen LogP) is 0.674. The van der Waals surface area contributed by atoms with Crippen LogP contribution in [-0.2, 0) is 14.3 Å². The van der Waals surface area contributed by atoms with Crippen molar-refractivity contribution in [2.45, 2.75) is 12.2 Å². The van der Waals surface area contributed by atoms with Crippen molar-refractivity contribution in [1.29, 1.82) is 0 Å². The highest BCUT2D eigenvalue weighted by Crippen LogP contribution is 2.39. The van der Waals surface area contributed by atoms with E-state index in [1.54, 1.807) is 30.5 Å². The lowest BCUT2D eigenvalue weighted by molar-refractivity contribution is -0.145. The highest BCUT2D eigenvalue weighted by Gasteiger charge is 2.53.